The Morgan fingerprint density at radius 2 is 1.92 bits per heavy atom. The molecule has 2 rings (SSSR count). The van der Waals surface area contributed by atoms with Crippen molar-refractivity contribution in [3.8, 4) is 0 Å². The lowest BCUT2D eigenvalue weighted by Gasteiger charge is -2.13. The fourth-order valence-corrected chi connectivity index (χ4v) is 3.56. The van der Waals surface area contributed by atoms with Crippen LogP contribution >= 0.6 is 11.8 Å². The van der Waals surface area contributed by atoms with Crippen LogP contribution < -0.4 is 5.32 Å². The first kappa shape index (κ1) is 18.2. The third kappa shape index (κ3) is 4.23. The fraction of sp³-hybridized carbons (Fsp3) is 0.412. The lowest BCUT2D eigenvalue weighted by Crippen LogP contribution is -2.34. The highest BCUT2D eigenvalue weighted by Gasteiger charge is 2.38. The Bertz CT molecular complexity index is 670. The average Bonchev–Trinajstić information content (AvgIpc) is 2.83. The zero-order chi connectivity index (χ0) is 17.7. The van der Waals surface area contributed by atoms with Gasteiger partial charge in [0.15, 0.2) is 11.0 Å². The number of hydrogen-bond donors (Lipinski definition) is 1. The van der Waals surface area contributed by atoms with Crippen molar-refractivity contribution in [2.45, 2.75) is 32.4 Å². The number of Topliss-reactive ketones (excluding diaryl/α,β-unsaturated/α-hetero) is 1. The monoisotopic (exact) mass is 347 g/mol. The maximum atomic E-state index is 12.4. The van der Waals surface area contributed by atoms with E-state index < -0.39 is 5.25 Å². The molecule has 6 nitrogen and oxygen atoms in total. The number of benzene rings is 1. The van der Waals surface area contributed by atoms with E-state index in [9.17, 15) is 14.4 Å². The lowest BCUT2D eigenvalue weighted by atomic mass is 10.1. The van der Waals surface area contributed by atoms with Crippen LogP contribution in [0.2, 0.25) is 0 Å². The van der Waals surface area contributed by atoms with Crippen LogP contribution in [0.4, 0.5) is 5.69 Å². The molecule has 0 radical (unpaired) electrons. The molecule has 0 bridgehead atoms. The van der Waals surface area contributed by atoms with E-state index in [4.69, 9.17) is 0 Å². The molecule has 1 N–H and O–H groups in total. The molecule has 1 unspecified atom stereocenters. The molecular formula is C17H21N3O3S. The third-order valence-corrected chi connectivity index (χ3v) is 4.75. The van der Waals surface area contributed by atoms with Crippen molar-refractivity contribution in [2.24, 2.45) is 4.99 Å². The normalized spacial score (nSPS) is 19.0. The standard InChI is InChI=1S/C17H21N3O3S/c1-4-18-15(22)10-14-16(23)20(5-2)17(24-14)19-13-8-6-12(7-9-13)11(3)21/h6-9,14H,4-5,10H2,1-3H3,(H,18,22). The van der Waals surface area contributed by atoms with Crippen LogP contribution in [0.5, 0.6) is 0 Å². The summed E-state index contributed by atoms with van der Waals surface area (Å²) >= 11 is 1.31. The van der Waals surface area contributed by atoms with Gasteiger partial charge in [-0.3, -0.25) is 19.3 Å². The first-order chi connectivity index (χ1) is 11.5. The molecule has 7 heteroatoms. The van der Waals surface area contributed by atoms with E-state index in [-0.39, 0.29) is 24.0 Å². The average molecular weight is 347 g/mol. The van der Waals surface area contributed by atoms with E-state index >= 15 is 0 Å². The first-order valence-corrected chi connectivity index (χ1v) is 8.78. The second-order valence-electron chi connectivity index (χ2n) is 5.34. The second kappa shape index (κ2) is 8.10. The summed E-state index contributed by atoms with van der Waals surface area (Å²) in [4.78, 5) is 41.6. The van der Waals surface area contributed by atoms with Crippen molar-refractivity contribution >= 4 is 40.2 Å². The zero-order valence-electron chi connectivity index (χ0n) is 14.0. The van der Waals surface area contributed by atoms with Gasteiger partial charge in [-0.25, -0.2) is 4.99 Å². The van der Waals surface area contributed by atoms with Crippen LogP contribution in [0.25, 0.3) is 0 Å². The zero-order valence-corrected chi connectivity index (χ0v) is 14.9. The first-order valence-electron chi connectivity index (χ1n) is 7.90. The van der Waals surface area contributed by atoms with E-state index in [1.54, 1.807) is 29.2 Å². The minimum Gasteiger partial charge on any atom is -0.356 e. The number of hydrogen-bond acceptors (Lipinski definition) is 5. The summed E-state index contributed by atoms with van der Waals surface area (Å²) in [5, 5.41) is 2.86. The van der Waals surface area contributed by atoms with Gasteiger partial charge in [-0.2, -0.15) is 0 Å². The van der Waals surface area contributed by atoms with Crippen molar-refractivity contribution < 1.29 is 14.4 Å². The summed E-state index contributed by atoms with van der Waals surface area (Å²) in [5.41, 5.74) is 1.29. The van der Waals surface area contributed by atoms with E-state index in [1.807, 2.05) is 13.8 Å². The predicted molar refractivity (Wildman–Crippen MR) is 95.6 cm³/mol. The summed E-state index contributed by atoms with van der Waals surface area (Å²) < 4.78 is 0. The Balaban J connectivity index is 2.17. The van der Waals surface area contributed by atoms with E-state index in [2.05, 4.69) is 10.3 Å². The number of nitrogens with zero attached hydrogens (tertiary/aromatic N) is 2. The molecule has 1 atom stereocenters. The van der Waals surface area contributed by atoms with Gasteiger partial charge in [-0.05, 0) is 45.0 Å². The van der Waals surface area contributed by atoms with Gasteiger partial charge < -0.3 is 5.32 Å². The molecule has 1 aromatic carbocycles. The van der Waals surface area contributed by atoms with Crippen molar-refractivity contribution in [2.75, 3.05) is 13.1 Å². The van der Waals surface area contributed by atoms with Crippen LogP contribution in [0, 0.1) is 0 Å². The third-order valence-electron chi connectivity index (χ3n) is 3.58. The molecule has 1 aromatic rings. The van der Waals surface area contributed by atoms with Crippen LogP contribution in [0.3, 0.4) is 0 Å². The van der Waals surface area contributed by atoms with Crippen molar-refractivity contribution in [3.63, 3.8) is 0 Å². The summed E-state index contributed by atoms with van der Waals surface area (Å²) in [6, 6.07) is 6.93. The number of carbonyl (C=O) groups is 3. The maximum Gasteiger partial charge on any atom is 0.242 e. The molecule has 0 saturated carbocycles. The Labute approximate surface area is 145 Å². The number of ketones is 1. The van der Waals surface area contributed by atoms with Crippen molar-refractivity contribution in [3.05, 3.63) is 29.8 Å². The molecule has 0 spiro atoms. The Morgan fingerprint density at radius 1 is 1.25 bits per heavy atom. The number of carbonyl (C=O) groups excluding carboxylic acids is 3. The summed E-state index contributed by atoms with van der Waals surface area (Å²) in [7, 11) is 0. The molecular weight excluding hydrogens is 326 g/mol. The molecule has 1 saturated heterocycles. The number of aliphatic imine (C=N–C) groups is 1. The maximum absolute atomic E-state index is 12.4. The SMILES string of the molecule is CCNC(=O)CC1SC(=Nc2ccc(C(C)=O)cc2)N(CC)C1=O. The summed E-state index contributed by atoms with van der Waals surface area (Å²) in [6.07, 6.45) is 0.149. The number of amidine groups is 1. The number of rotatable bonds is 6. The van der Waals surface area contributed by atoms with Gasteiger partial charge in [0.1, 0.15) is 5.25 Å². The largest absolute Gasteiger partial charge is 0.356 e. The van der Waals surface area contributed by atoms with Gasteiger partial charge in [-0.15, -0.1) is 0 Å². The minimum absolute atomic E-state index is 0.00296. The van der Waals surface area contributed by atoms with Gasteiger partial charge in [-0.1, -0.05) is 11.8 Å². The van der Waals surface area contributed by atoms with Gasteiger partial charge in [0.2, 0.25) is 11.8 Å². The molecule has 1 fully saturated rings. The topological polar surface area (TPSA) is 78.8 Å². The van der Waals surface area contributed by atoms with E-state index in [0.717, 1.165) is 0 Å². The van der Waals surface area contributed by atoms with Crippen molar-refractivity contribution in [1.82, 2.24) is 10.2 Å². The highest BCUT2D eigenvalue weighted by molar-refractivity contribution is 8.15. The fourth-order valence-electron chi connectivity index (χ4n) is 2.33. The molecule has 1 heterocycles. The van der Waals surface area contributed by atoms with Crippen LogP contribution in [-0.4, -0.2) is 46.0 Å². The van der Waals surface area contributed by atoms with Gasteiger partial charge in [0, 0.05) is 25.1 Å². The predicted octanol–water partition coefficient (Wildman–Crippen LogP) is 2.37. The van der Waals surface area contributed by atoms with Gasteiger partial charge >= 0.3 is 0 Å². The van der Waals surface area contributed by atoms with Crippen LogP contribution in [0.1, 0.15) is 37.6 Å². The second-order valence-corrected chi connectivity index (χ2v) is 6.51. The van der Waals surface area contributed by atoms with Crippen LogP contribution in [0.15, 0.2) is 29.3 Å². The number of amides is 2. The van der Waals surface area contributed by atoms with E-state index in [1.165, 1.54) is 18.7 Å². The Hall–Kier alpha value is -2.15. The molecule has 2 amide bonds. The Kier molecular flexibility index (Phi) is 6.14. The quantitative estimate of drug-likeness (QED) is 0.801. The molecule has 0 aliphatic carbocycles. The van der Waals surface area contributed by atoms with E-state index in [0.29, 0.717) is 29.5 Å². The molecule has 1 aliphatic heterocycles. The minimum atomic E-state index is -0.438. The van der Waals surface area contributed by atoms with Gasteiger partial charge in [0.05, 0.1) is 5.69 Å². The number of thioether (sulfide) groups is 1. The molecule has 128 valence electrons. The number of nitrogens with one attached hydrogen (secondary N) is 1. The highest BCUT2D eigenvalue weighted by atomic mass is 32.2. The van der Waals surface area contributed by atoms with Crippen LogP contribution in [-0.2, 0) is 9.59 Å². The smallest absolute Gasteiger partial charge is 0.242 e. The lowest BCUT2D eigenvalue weighted by molar-refractivity contribution is -0.129. The summed E-state index contributed by atoms with van der Waals surface area (Å²) in [6.45, 7) is 6.28. The Morgan fingerprint density at radius 3 is 2.46 bits per heavy atom. The van der Waals surface area contributed by atoms with Gasteiger partial charge in [0.25, 0.3) is 0 Å². The summed E-state index contributed by atoms with van der Waals surface area (Å²) in [5.74, 6) is -0.226. The molecule has 1 aliphatic rings. The molecule has 0 aromatic heterocycles. The molecule has 24 heavy (non-hydrogen) atoms. The highest BCUT2D eigenvalue weighted by Crippen LogP contribution is 2.31. The van der Waals surface area contributed by atoms with Crippen molar-refractivity contribution in [1.29, 1.82) is 0 Å².